The number of hydrogen-bond donors (Lipinski definition) is 2. The average Bonchev–Trinajstić information content (AvgIpc) is 2.52. The summed E-state index contributed by atoms with van der Waals surface area (Å²) >= 11 is 5.96. The highest BCUT2D eigenvalue weighted by Crippen LogP contribution is 2.19. The van der Waals surface area contributed by atoms with Crippen LogP contribution < -0.4 is 5.32 Å². The van der Waals surface area contributed by atoms with Gasteiger partial charge in [-0.2, -0.15) is 0 Å². The minimum Gasteiger partial charge on any atom is -0.477 e. The molecule has 22 heavy (non-hydrogen) atoms. The Labute approximate surface area is 132 Å². The highest BCUT2D eigenvalue weighted by molar-refractivity contribution is 6.30. The molecule has 0 saturated heterocycles. The number of benzene rings is 2. The molecule has 0 amide bonds. The van der Waals surface area contributed by atoms with Crippen LogP contribution in [0, 0.1) is 0 Å². The van der Waals surface area contributed by atoms with Crippen LogP contribution in [0.4, 0.5) is 5.69 Å². The van der Waals surface area contributed by atoms with Crippen molar-refractivity contribution in [2.75, 3.05) is 5.32 Å². The van der Waals surface area contributed by atoms with Crippen LogP contribution >= 0.6 is 11.6 Å². The second-order valence-electron chi connectivity index (χ2n) is 4.89. The van der Waals surface area contributed by atoms with E-state index in [2.05, 4.69) is 10.3 Å². The minimum absolute atomic E-state index is 0.0483. The number of carbonyl (C=O) groups is 1. The predicted molar refractivity (Wildman–Crippen MR) is 87.5 cm³/mol. The van der Waals surface area contributed by atoms with Crippen molar-refractivity contribution in [2.24, 2.45) is 0 Å². The van der Waals surface area contributed by atoms with Gasteiger partial charge in [-0.25, -0.2) is 9.78 Å². The molecule has 0 spiro atoms. The molecule has 0 aliphatic rings. The number of rotatable bonds is 4. The first kappa shape index (κ1) is 14.4. The van der Waals surface area contributed by atoms with Crippen molar-refractivity contribution in [3.63, 3.8) is 0 Å². The summed E-state index contributed by atoms with van der Waals surface area (Å²) in [6, 6.07) is 16.6. The monoisotopic (exact) mass is 312 g/mol. The summed E-state index contributed by atoms with van der Waals surface area (Å²) in [4.78, 5) is 15.0. The molecule has 110 valence electrons. The van der Waals surface area contributed by atoms with Gasteiger partial charge in [-0.3, -0.25) is 0 Å². The molecule has 0 fully saturated rings. The Morgan fingerprint density at radius 2 is 2.00 bits per heavy atom. The molecule has 2 N–H and O–H groups in total. The van der Waals surface area contributed by atoms with Gasteiger partial charge in [0.2, 0.25) is 0 Å². The highest BCUT2D eigenvalue weighted by Gasteiger charge is 2.05. The number of fused-ring (bicyclic) bond motifs is 1. The van der Waals surface area contributed by atoms with Gasteiger partial charge in [-0.1, -0.05) is 29.8 Å². The minimum atomic E-state index is -1.02. The van der Waals surface area contributed by atoms with Crippen LogP contribution in [0.2, 0.25) is 5.02 Å². The summed E-state index contributed by atoms with van der Waals surface area (Å²) in [6.07, 6.45) is 0. The Bertz CT molecular complexity index is 849. The first-order valence-corrected chi connectivity index (χ1v) is 7.12. The molecule has 3 aromatic rings. The van der Waals surface area contributed by atoms with E-state index in [1.165, 1.54) is 6.07 Å². The molecule has 0 unspecified atom stereocenters. The zero-order valence-electron chi connectivity index (χ0n) is 11.6. The molecular weight excluding hydrogens is 300 g/mol. The first-order chi connectivity index (χ1) is 10.6. The third-order valence-electron chi connectivity index (χ3n) is 3.29. The van der Waals surface area contributed by atoms with Crippen molar-refractivity contribution in [2.45, 2.75) is 6.54 Å². The molecule has 3 rings (SSSR count). The molecule has 0 aliphatic carbocycles. The summed E-state index contributed by atoms with van der Waals surface area (Å²) in [5, 5.41) is 13.9. The third-order valence-corrected chi connectivity index (χ3v) is 3.53. The topological polar surface area (TPSA) is 62.2 Å². The molecule has 2 aromatic carbocycles. The number of halogens is 1. The van der Waals surface area contributed by atoms with Gasteiger partial charge in [0.1, 0.15) is 5.69 Å². The normalized spacial score (nSPS) is 10.6. The fraction of sp³-hybridized carbons (Fsp3) is 0.0588. The zero-order valence-corrected chi connectivity index (χ0v) is 12.3. The average molecular weight is 313 g/mol. The summed E-state index contributed by atoms with van der Waals surface area (Å²) in [6.45, 7) is 0.659. The Hall–Kier alpha value is -2.59. The predicted octanol–water partition coefficient (Wildman–Crippen LogP) is 4.20. The second-order valence-corrected chi connectivity index (χ2v) is 5.33. The molecule has 1 heterocycles. The number of pyridine rings is 1. The van der Waals surface area contributed by atoms with Crippen LogP contribution in [0.15, 0.2) is 54.6 Å². The second kappa shape index (κ2) is 6.03. The SMILES string of the molecule is O=C(O)c1ccc2cc(NCc3cccc(Cl)c3)ccc2n1. The smallest absolute Gasteiger partial charge is 0.354 e. The van der Waals surface area contributed by atoms with Gasteiger partial charge in [0.15, 0.2) is 0 Å². The maximum atomic E-state index is 10.9. The van der Waals surface area contributed by atoms with E-state index in [0.717, 1.165) is 16.6 Å². The zero-order chi connectivity index (χ0) is 15.5. The van der Waals surface area contributed by atoms with Gasteiger partial charge in [0, 0.05) is 22.6 Å². The Balaban J connectivity index is 1.80. The van der Waals surface area contributed by atoms with Gasteiger partial charge in [0.05, 0.1) is 5.52 Å². The number of nitrogens with zero attached hydrogens (tertiary/aromatic N) is 1. The molecule has 5 heteroatoms. The first-order valence-electron chi connectivity index (χ1n) is 6.74. The molecule has 0 atom stereocenters. The maximum absolute atomic E-state index is 10.9. The van der Waals surface area contributed by atoms with Crippen LogP contribution in [0.25, 0.3) is 10.9 Å². The summed E-state index contributed by atoms with van der Waals surface area (Å²) in [5.74, 6) is -1.02. The Morgan fingerprint density at radius 3 is 2.77 bits per heavy atom. The molecular formula is C17H13ClN2O2. The fourth-order valence-corrected chi connectivity index (χ4v) is 2.42. The van der Waals surface area contributed by atoms with E-state index in [0.29, 0.717) is 17.1 Å². The number of carboxylic acids is 1. The van der Waals surface area contributed by atoms with Crippen LogP contribution in [0.3, 0.4) is 0 Å². The Kier molecular flexibility index (Phi) is 3.94. The van der Waals surface area contributed by atoms with Gasteiger partial charge in [-0.05, 0) is 42.0 Å². The van der Waals surface area contributed by atoms with Crippen LogP contribution in [0.5, 0.6) is 0 Å². The molecule has 1 aromatic heterocycles. The lowest BCUT2D eigenvalue weighted by Gasteiger charge is -2.08. The van der Waals surface area contributed by atoms with E-state index >= 15 is 0 Å². The lowest BCUT2D eigenvalue weighted by atomic mass is 10.1. The molecule has 0 bridgehead atoms. The lowest BCUT2D eigenvalue weighted by molar-refractivity contribution is 0.0691. The summed E-state index contributed by atoms with van der Waals surface area (Å²) in [7, 11) is 0. The van der Waals surface area contributed by atoms with E-state index in [9.17, 15) is 4.79 Å². The van der Waals surface area contributed by atoms with Gasteiger partial charge < -0.3 is 10.4 Å². The van der Waals surface area contributed by atoms with Crippen molar-refractivity contribution < 1.29 is 9.90 Å². The molecule has 0 saturated carbocycles. The van der Waals surface area contributed by atoms with Gasteiger partial charge in [0.25, 0.3) is 0 Å². The summed E-state index contributed by atoms with van der Waals surface area (Å²) in [5.41, 5.74) is 2.74. The standard InChI is InChI=1S/C17H13ClN2O2/c18-13-3-1-2-11(8-13)10-19-14-5-7-15-12(9-14)4-6-16(20-15)17(21)22/h1-9,19H,10H2,(H,21,22). The van der Waals surface area contributed by atoms with Crippen molar-refractivity contribution in [3.05, 3.63) is 70.9 Å². The van der Waals surface area contributed by atoms with Crippen LogP contribution in [-0.4, -0.2) is 16.1 Å². The van der Waals surface area contributed by atoms with Crippen LogP contribution in [0.1, 0.15) is 16.1 Å². The van der Waals surface area contributed by atoms with E-state index in [-0.39, 0.29) is 5.69 Å². The molecule has 0 aliphatic heterocycles. The quantitative estimate of drug-likeness (QED) is 0.758. The largest absolute Gasteiger partial charge is 0.477 e. The van der Waals surface area contributed by atoms with E-state index in [1.807, 2.05) is 42.5 Å². The number of aromatic nitrogens is 1. The third kappa shape index (κ3) is 3.18. The van der Waals surface area contributed by atoms with Gasteiger partial charge in [-0.15, -0.1) is 0 Å². The Morgan fingerprint density at radius 1 is 1.14 bits per heavy atom. The van der Waals surface area contributed by atoms with Crippen molar-refractivity contribution in [1.82, 2.24) is 4.98 Å². The van der Waals surface area contributed by atoms with Crippen molar-refractivity contribution in [1.29, 1.82) is 0 Å². The number of aromatic carboxylic acids is 1. The number of nitrogens with one attached hydrogen (secondary N) is 1. The van der Waals surface area contributed by atoms with Crippen molar-refractivity contribution in [3.8, 4) is 0 Å². The highest BCUT2D eigenvalue weighted by atomic mass is 35.5. The van der Waals surface area contributed by atoms with E-state index in [4.69, 9.17) is 16.7 Å². The van der Waals surface area contributed by atoms with Crippen molar-refractivity contribution >= 4 is 34.2 Å². The van der Waals surface area contributed by atoms with E-state index < -0.39 is 5.97 Å². The number of carboxylic acid groups (broad SMARTS) is 1. The molecule has 0 radical (unpaired) electrons. The van der Waals surface area contributed by atoms with E-state index in [1.54, 1.807) is 6.07 Å². The van der Waals surface area contributed by atoms with Gasteiger partial charge >= 0.3 is 5.97 Å². The number of hydrogen-bond acceptors (Lipinski definition) is 3. The number of anilines is 1. The molecule has 4 nitrogen and oxygen atoms in total. The maximum Gasteiger partial charge on any atom is 0.354 e. The van der Waals surface area contributed by atoms with Crippen LogP contribution in [-0.2, 0) is 6.54 Å². The fourth-order valence-electron chi connectivity index (χ4n) is 2.21. The lowest BCUT2D eigenvalue weighted by Crippen LogP contribution is -2.01. The summed E-state index contributed by atoms with van der Waals surface area (Å²) < 4.78 is 0.